The van der Waals surface area contributed by atoms with E-state index >= 15 is 0 Å². The van der Waals surface area contributed by atoms with Gasteiger partial charge in [0.2, 0.25) is 0 Å². The highest BCUT2D eigenvalue weighted by Crippen LogP contribution is 1.65. The molecule has 42 valence electrons. The molecule has 5 heteroatoms. The molecule has 0 aromatic rings. The fourth-order valence-electron chi connectivity index (χ4n) is 0.356. The Morgan fingerprint density at radius 1 is 1.00 bits per heavy atom. The smallest absolute Gasteiger partial charge is 0.0831 e. The van der Waals surface area contributed by atoms with Gasteiger partial charge in [-0.1, -0.05) is 0 Å². The van der Waals surface area contributed by atoms with Gasteiger partial charge in [0, 0.05) is 0 Å². The molecule has 1 heterocycles. The first-order valence-electron chi connectivity index (χ1n) is 2.15. The minimum Gasteiger partial charge on any atom is -0.225 e. The lowest BCUT2D eigenvalue weighted by Crippen LogP contribution is -2.69. The van der Waals surface area contributed by atoms with Crippen molar-refractivity contribution in [2.45, 2.75) is 13.1 Å². The molecule has 1 aliphatic rings. The Kier molecular flexibility index (Phi) is 1.55. The molecule has 0 spiro atoms. The highest BCUT2D eigenvalue weighted by atomic mass is 15.9. The molecule has 5 N–H and O–H groups in total. The second-order valence-electron chi connectivity index (χ2n) is 1.39. The summed E-state index contributed by atoms with van der Waals surface area (Å²) >= 11 is 0. The van der Waals surface area contributed by atoms with Crippen molar-refractivity contribution in [2.24, 2.45) is 0 Å². The van der Waals surface area contributed by atoms with Gasteiger partial charge in [-0.05, 0) is 6.92 Å². The Morgan fingerprint density at radius 2 is 1.57 bits per heavy atom. The normalized spacial score (nSPS) is 25.3. The van der Waals surface area contributed by atoms with Crippen LogP contribution >= 0.6 is 0 Å². The number of rotatable bonds is 0. The molecule has 0 radical (unpaired) electrons. The predicted molar refractivity (Wildman–Crippen MR) is 25.1 cm³/mol. The molecule has 1 rings (SSSR count). The van der Waals surface area contributed by atoms with Crippen molar-refractivity contribution in [1.82, 2.24) is 27.5 Å². The number of hydrazine groups is 4. The Labute approximate surface area is 41.7 Å². The highest BCUT2D eigenvalue weighted by Gasteiger charge is 2.00. The molecule has 1 aliphatic heterocycles. The van der Waals surface area contributed by atoms with E-state index < -0.39 is 0 Å². The van der Waals surface area contributed by atoms with Crippen LogP contribution in [0.5, 0.6) is 0 Å². The van der Waals surface area contributed by atoms with Crippen LogP contribution in [-0.4, -0.2) is 6.17 Å². The van der Waals surface area contributed by atoms with Crippen LogP contribution in [0, 0.1) is 0 Å². The van der Waals surface area contributed by atoms with Gasteiger partial charge >= 0.3 is 0 Å². The van der Waals surface area contributed by atoms with Crippen molar-refractivity contribution in [3.63, 3.8) is 0 Å². The molecule has 5 nitrogen and oxygen atoms in total. The van der Waals surface area contributed by atoms with E-state index in [1.807, 2.05) is 6.92 Å². The van der Waals surface area contributed by atoms with Gasteiger partial charge in [-0.15, -0.1) is 0 Å². The van der Waals surface area contributed by atoms with Crippen LogP contribution in [0.4, 0.5) is 0 Å². The topological polar surface area (TPSA) is 60.1 Å². The lowest BCUT2D eigenvalue weighted by molar-refractivity contribution is 0.194. The van der Waals surface area contributed by atoms with Gasteiger partial charge in [-0.2, -0.15) is 16.6 Å². The molecule has 0 aliphatic carbocycles. The summed E-state index contributed by atoms with van der Waals surface area (Å²) in [7, 11) is 0. The van der Waals surface area contributed by atoms with Crippen LogP contribution in [0.3, 0.4) is 0 Å². The molecular weight excluding hydrogens is 94.1 g/mol. The summed E-state index contributed by atoms with van der Waals surface area (Å²) in [6.07, 6.45) is 0.251. The molecule has 0 atom stereocenters. The van der Waals surface area contributed by atoms with Crippen LogP contribution in [0.25, 0.3) is 0 Å². The minimum atomic E-state index is 0.251. The molecule has 0 aromatic heterocycles. The number of hydrogen-bond donors (Lipinski definition) is 5. The molecule has 0 unspecified atom stereocenters. The second-order valence-corrected chi connectivity index (χ2v) is 1.39. The third-order valence-corrected chi connectivity index (χ3v) is 0.702. The van der Waals surface area contributed by atoms with Crippen molar-refractivity contribution in [3.8, 4) is 0 Å². The Hall–Kier alpha value is -0.200. The van der Waals surface area contributed by atoms with Crippen LogP contribution in [-0.2, 0) is 0 Å². The monoisotopic (exact) mass is 103 g/mol. The van der Waals surface area contributed by atoms with Crippen molar-refractivity contribution in [2.75, 3.05) is 0 Å². The Bertz CT molecular complexity index is 48.0. The third-order valence-electron chi connectivity index (χ3n) is 0.702. The lowest BCUT2D eigenvalue weighted by Gasteiger charge is -2.23. The summed E-state index contributed by atoms with van der Waals surface area (Å²) in [6, 6.07) is 0. The lowest BCUT2D eigenvalue weighted by atomic mass is 10.6. The average molecular weight is 103 g/mol. The molecule has 0 bridgehead atoms. The second kappa shape index (κ2) is 2.20. The Balaban J connectivity index is 2.12. The fourth-order valence-corrected chi connectivity index (χ4v) is 0.356. The summed E-state index contributed by atoms with van der Waals surface area (Å²) in [6.45, 7) is 1.97. The summed E-state index contributed by atoms with van der Waals surface area (Å²) < 4.78 is 0. The molecule has 0 saturated carbocycles. The largest absolute Gasteiger partial charge is 0.225 e. The van der Waals surface area contributed by atoms with E-state index in [1.165, 1.54) is 0 Å². The molecule has 0 amide bonds. The van der Waals surface area contributed by atoms with Gasteiger partial charge in [0.25, 0.3) is 0 Å². The van der Waals surface area contributed by atoms with Gasteiger partial charge in [0.15, 0.2) is 0 Å². The first-order valence-corrected chi connectivity index (χ1v) is 2.15. The summed E-state index contributed by atoms with van der Waals surface area (Å²) in [5.74, 6) is 0. The fraction of sp³-hybridized carbons (Fsp3) is 1.00. The van der Waals surface area contributed by atoms with Crippen LogP contribution < -0.4 is 27.5 Å². The van der Waals surface area contributed by atoms with E-state index in [-0.39, 0.29) is 6.17 Å². The maximum atomic E-state index is 2.85. The quantitative estimate of drug-likeness (QED) is 0.244. The summed E-state index contributed by atoms with van der Waals surface area (Å²) in [5, 5.41) is 0. The SMILES string of the molecule is CC1NNNNN1. The van der Waals surface area contributed by atoms with Gasteiger partial charge in [0.05, 0.1) is 6.17 Å². The van der Waals surface area contributed by atoms with Crippen LogP contribution in [0.15, 0.2) is 0 Å². The van der Waals surface area contributed by atoms with Crippen molar-refractivity contribution >= 4 is 0 Å². The van der Waals surface area contributed by atoms with Gasteiger partial charge < -0.3 is 0 Å². The highest BCUT2D eigenvalue weighted by molar-refractivity contribution is 4.48. The van der Waals surface area contributed by atoms with E-state index in [4.69, 9.17) is 0 Å². The number of hydrogen-bond acceptors (Lipinski definition) is 5. The van der Waals surface area contributed by atoms with Gasteiger partial charge in [-0.3, -0.25) is 0 Å². The standard InChI is InChI=1S/C2H9N5/c1-2-3-5-7-6-4-2/h2-7H,1H3. The van der Waals surface area contributed by atoms with Crippen LogP contribution in [0.1, 0.15) is 6.92 Å². The maximum Gasteiger partial charge on any atom is 0.0831 e. The van der Waals surface area contributed by atoms with E-state index in [2.05, 4.69) is 27.5 Å². The minimum absolute atomic E-state index is 0.251. The molecule has 1 saturated heterocycles. The first-order chi connectivity index (χ1) is 3.39. The van der Waals surface area contributed by atoms with Gasteiger partial charge in [0.1, 0.15) is 0 Å². The molecule has 1 fully saturated rings. The first kappa shape index (κ1) is 4.95. The average Bonchev–Trinajstić information content (AvgIpc) is 1.69. The maximum absolute atomic E-state index is 2.85. The van der Waals surface area contributed by atoms with Crippen molar-refractivity contribution in [3.05, 3.63) is 0 Å². The zero-order chi connectivity index (χ0) is 5.11. The summed E-state index contributed by atoms with van der Waals surface area (Å²) in [4.78, 5) is 0. The van der Waals surface area contributed by atoms with E-state index in [0.29, 0.717) is 0 Å². The molecule has 0 aromatic carbocycles. The summed E-state index contributed by atoms with van der Waals surface area (Å²) in [5.41, 5.74) is 13.6. The van der Waals surface area contributed by atoms with E-state index in [0.717, 1.165) is 0 Å². The predicted octanol–water partition coefficient (Wildman–Crippen LogP) is -2.05. The van der Waals surface area contributed by atoms with E-state index in [1.54, 1.807) is 0 Å². The van der Waals surface area contributed by atoms with Crippen LogP contribution in [0.2, 0.25) is 0 Å². The van der Waals surface area contributed by atoms with Gasteiger partial charge in [-0.25, -0.2) is 10.9 Å². The zero-order valence-electron chi connectivity index (χ0n) is 4.08. The zero-order valence-corrected chi connectivity index (χ0v) is 4.08. The van der Waals surface area contributed by atoms with E-state index in [9.17, 15) is 0 Å². The number of nitrogens with one attached hydrogen (secondary N) is 5. The Morgan fingerprint density at radius 3 is 1.86 bits per heavy atom. The molecule has 7 heavy (non-hydrogen) atoms. The van der Waals surface area contributed by atoms with Crippen molar-refractivity contribution in [1.29, 1.82) is 0 Å². The van der Waals surface area contributed by atoms with Crippen molar-refractivity contribution < 1.29 is 0 Å². The third kappa shape index (κ3) is 1.38. The molecular formula is C2H9N5.